The quantitative estimate of drug-likeness (QED) is 0.921. The first kappa shape index (κ1) is 14.4. The first-order valence-corrected chi connectivity index (χ1v) is 7.26. The summed E-state index contributed by atoms with van der Waals surface area (Å²) in [6.07, 6.45) is 0.561. The third-order valence-corrected chi connectivity index (χ3v) is 4.54. The van der Waals surface area contributed by atoms with E-state index in [2.05, 4.69) is 10.3 Å². The minimum atomic E-state index is -0.330. The zero-order chi connectivity index (χ0) is 14.0. The van der Waals surface area contributed by atoms with Crippen molar-refractivity contribution >= 4 is 22.9 Å². The topological polar surface area (TPSA) is 24.9 Å². The fourth-order valence-electron chi connectivity index (χ4n) is 2.12. The number of benzene rings is 1. The third-order valence-electron chi connectivity index (χ3n) is 3.06. The molecule has 1 N–H and O–H groups in total. The van der Waals surface area contributed by atoms with Gasteiger partial charge < -0.3 is 5.32 Å². The van der Waals surface area contributed by atoms with E-state index in [4.69, 9.17) is 11.6 Å². The van der Waals surface area contributed by atoms with Crippen molar-refractivity contribution in [3.63, 3.8) is 0 Å². The minimum Gasteiger partial charge on any atom is -0.312 e. The fourth-order valence-corrected chi connectivity index (χ4v) is 3.35. The van der Waals surface area contributed by atoms with Gasteiger partial charge in [-0.15, -0.1) is 11.3 Å². The van der Waals surface area contributed by atoms with Crippen molar-refractivity contribution in [1.82, 2.24) is 10.3 Å². The first-order chi connectivity index (χ1) is 9.02. The van der Waals surface area contributed by atoms with Crippen LogP contribution >= 0.6 is 22.9 Å². The number of hydrogen-bond donors (Lipinski definition) is 1. The molecule has 1 atom stereocenters. The highest BCUT2D eigenvalue weighted by atomic mass is 35.5. The molecule has 0 aliphatic carbocycles. The van der Waals surface area contributed by atoms with E-state index < -0.39 is 0 Å². The van der Waals surface area contributed by atoms with Crippen LogP contribution in [0.25, 0.3) is 0 Å². The van der Waals surface area contributed by atoms with Gasteiger partial charge in [0.2, 0.25) is 0 Å². The smallest absolute Gasteiger partial charge is 0.145 e. The normalized spacial score (nSPS) is 12.7. The summed E-state index contributed by atoms with van der Waals surface area (Å²) in [6, 6.07) is 5.17. The van der Waals surface area contributed by atoms with Crippen molar-refractivity contribution in [2.45, 2.75) is 26.3 Å². The van der Waals surface area contributed by atoms with Gasteiger partial charge in [0.15, 0.2) is 0 Å². The lowest BCUT2D eigenvalue weighted by molar-refractivity contribution is 0.558. The zero-order valence-electron chi connectivity index (χ0n) is 11.1. The van der Waals surface area contributed by atoms with Crippen molar-refractivity contribution in [2.24, 2.45) is 0 Å². The van der Waals surface area contributed by atoms with Crippen molar-refractivity contribution in [1.29, 1.82) is 0 Å². The lowest BCUT2D eigenvalue weighted by Gasteiger charge is -2.16. The summed E-state index contributed by atoms with van der Waals surface area (Å²) in [6.45, 7) is 3.96. The molecule has 2 rings (SSSR count). The van der Waals surface area contributed by atoms with Gasteiger partial charge in [-0.05, 0) is 38.9 Å². The molecule has 2 nitrogen and oxygen atoms in total. The predicted molar refractivity (Wildman–Crippen MR) is 78.5 cm³/mol. The van der Waals surface area contributed by atoms with Crippen LogP contribution in [-0.2, 0) is 6.42 Å². The minimum absolute atomic E-state index is 0.0548. The molecule has 0 amide bonds. The number of likely N-dealkylation sites (N-methyl/N-ethyl adjacent to an activating group) is 1. The Balaban J connectivity index is 2.29. The third kappa shape index (κ3) is 3.14. The number of hydrogen-bond acceptors (Lipinski definition) is 3. The molecule has 1 aromatic carbocycles. The second-order valence-electron chi connectivity index (χ2n) is 4.44. The summed E-state index contributed by atoms with van der Waals surface area (Å²) >= 11 is 7.46. The number of rotatable bonds is 4. The summed E-state index contributed by atoms with van der Waals surface area (Å²) in [5.41, 5.74) is 1.63. The maximum atomic E-state index is 13.9. The summed E-state index contributed by atoms with van der Waals surface area (Å²) in [7, 11) is 1.88. The summed E-state index contributed by atoms with van der Waals surface area (Å²) in [5.74, 6) is -0.330. The van der Waals surface area contributed by atoms with Gasteiger partial charge >= 0.3 is 0 Å². The lowest BCUT2D eigenvalue weighted by Crippen LogP contribution is -2.19. The summed E-state index contributed by atoms with van der Waals surface area (Å²) in [5, 5.41) is 4.43. The van der Waals surface area contributed by atoms with Crippen LogP contribution in [0.5, 0.6) is 0 Å². The van der Waals surface area contributed by atoms with Gasteiger partial charge in [0.05, 0.1) is 15.7 Å². The van der Waals surface area contributed by atoms with Crippen LogP contribution in [0.3, 0.4) is 0 Å². The Morgan fingerprint density at radius 3 is 2.74 bits per heavy atom. The molecule has 5 heteroatoms. The summed E-state index contributed by atoms with van der Waals surface area (Å²) < 4.78 is 13.9. The maximum Gasteiger partial charge on any atom is 0.145 e. The van der Waals surface area contributed by atoms with Crippen LogP contribution in [0, 0.1) is 19.7 Å². The van der Waals surface area contributed by atoms with E-state index >= 15 is 0 Å². The van der Waals surface area contributed by atoms with E-state index in [1.54, 1.807) is 29.5 Å². The van der Waals surface area contributed by atoms with E-state index in [0.717, 1.165) is 15.6 Å². The lowest BCUT2D eigenvalue weighted by atomic mass is 10.0. The van der Waals surface area contributed by atoms with Gasteiger partial charge in [-0.2, -0.15) is 0 Å². The Hall–Kier alpha value is -0.970. The SMILES string of the molecule is CNC(Cc1cccc(Cl)c1F)c1sc(C)nc1C. The molecule has 0 radical (unpaired) electrons. The molecule has 0 fully saturated rings. The van der Waals surface area contributed by atoms with E-state index in [1.807, 2.05) is 20.9 Å². The zero-order valence-corrected chi connectivity index (χ0v) is 12.7. The van der Waals surface area contributed by atoms with Crippen molar-refractivity contribution in [3.8, 4) is 0 Å². The summed E-state index contributed by atoms with van der Waals surface area (Å²) in [4.78, 5) is 5.57. The standard InChI is InChI=1S/C14H16ClFN2S/c1-8-14(19-9(2)18-8)12(17-3)7-10-5-4-6-11(15)13(10)16/h4-6,12,17H,7H2,1-3H3. The monoisotopic (exact) mass is 298 g/mol. The van der Waals surface area contributed by atoms with E-state index in [0.29, 0.717) is 12.0 Å². The molecule has 19 heavy (non-hydrogen) atoms. The number of nitrogens with one attached hydrogen (secondary N) is 1. The van der Waals surface area contributed by atoms with Gasteiger partial charge in [-0.1, -0.05) is 23.7 Å². The number of aryl methyl sites for hydroxylation is 2. The maximum absolute atomic E-state index is 13.9. The second-order valence-corrected chi connectivity index (χ2v) is 6.08. The van der Waals surface area contributed by atoms with E-state index in [1.165, 1.54) is 0 Å². The molecule has 1 unspecified atom stereocenters. The highest BCUT2D eigenvalue weighted by Crippen LogP contribution is 2.29. The molecule has 102 valence electrons. The molecular weight excluding hydrogens is 283 g/mol. The Morgan fingerprint density at radius 2 is 2.16 bits per heavy atom. The number of aromatic nitrogens is 1. The first-order valence-electron chi connectivity index (χ1n) is 6.07. The van der Waals surface area contributed by atoms with Gasteiger partial charge in [-0.25, -0.2) is 9.37 Å². The van der Waals surface area contributed by atoms with Gasteiger partial charge in [-0.3, -0.25) is 0 Å². The van der Waals surface area contributed by atoms with Crippen molar-refractivity contribution < 1.29 is 4.39 Å². The largest absolute Gasteiger partial charge is 0.312 e. The fraction of sp³-hybridized carbons (Fsp3) is 0.357. The Bertz CT molecular complexity index is 583. The number of halogens is 2. The van der Waals surface area contributed by atoms with Gasteiger partial charge in [0.25, 0.3) is 0 Å². The second kappa shape index (κ2) is 5.99. The highest BCUT2D eigenvalue weighted by Gasteiger charge is 2.18. The molecule has 0 bridgehead atoms. The molecule has 0 saturated heterocycles. The molecule has 0 aliphatic heterocycles. The Labute approximate surface area is 121 Å². The van der Waals surface area contributed by atoms with Crippen LogP contribution in [0.15, 0.2) is 18.2 Å². The molecule has 0 spiro atoms. The van der Waals surface area contributed by atoms with Crippen LogP contribution in [0.1, 0.15) is 27.2 Å². The molecule has 2 aromatic rings. The average molecular weight is 299 g/mol. The van der Waals surface area contributed by atoms with Gasteiger partial charge in [0.1, 0.15) is 5.82 Å². The number of nitrogens with zero attached hydrogens (tertiary/aromatic N) is 1. The molecule has 0 aliphatic rings. The molecule has 0 saturated carbocycles. The van der Waals surface area contributed by atoms with Crippen LogP contribution in [0.2, 0.25) is 5.02 Å². The average Bonchev–Trinajstić information content (AvgIpc) is 2.70. The van der Waals surface area contributed by atoms with Crippen LogP contribution < -0.4 is 5.32 Å². The predicted octanol–water partition coefficient (Wildman–Crippen LogP) is 4.06. The van der Waals surface area contributed by atoms with Gasteiger partial charge in [0, 0.05) is 10.9 Å². The Kier molecular flexibility index (Phi) is 4.55. The van der Waals surface area contributed by atoms with E-state index in [9.17, 15) is 4.39 Å². The number of thiazole rings is 1. The molecule has 1 heterocycles. The van der Waals surface area contributed by atoms with Crippen molar-refractivity contribution in [3.05, 3.63) is 50.2 Å². The molecule has 1 aromatic heterocycles. The van der Waals surface area contributed by atoms with Crippen LogP contribution in [-0.4, -0.2) is 12.0 Å². The molecular formula is C14H16ClFN2S. The Morgan fingerprint density at radius 1 is 1.42 bits per heavy atom. The highest BCUT2D eigenvalue weighted by molar-refractivity contribution is 7.11. The van der Waals surface area contributed by atoms with Crippen LogP contribution in [0.4, 0.5) is 4.39 Å². The van der Waals surface area contributed by atoms with E-state index in [-0.39, 0.29) is 16.9 Å². The van der Waals surface area contributed by atoms with Crippen molar-refractivity contribution in [2.75, 3.05) is 7.05 Å².